The number of hydrogen-bond donors (Lipinski definition) is 1. The van der Waals surface area contributed by atoms with E-state index in [-0.39, 0.29) is 0 Å². The molecule has 0 saturated heterocycles. The first-order chi connectivity index (χ1) is 9.71. The quantitative estimate of drug-likeness (QED) is 0.656. The highest BCUT2D eigenvalue weighted by molar-refractivity contribution is 5.49. The number of aromatic nitrogens is 2. The highest BCUT2D eigenvalue weighted by Crippen LogP contribution is 2.17. The number of rotatable bonds is 10. The van der Waals surface area contributed by atoms with Crippen molar-refractivity contribution in [1.29, 1.82) is 0 Å². The van der Waals surface area contributed by atoms with Gasteiger partial charge in [0.25, 0.3) is 0 Å². The van der Waals surface area contributed by atoms with Crippen LogP contribution in [0.25, 0.3) is 0 Å². The van der Waals surface area contributed by atoms with Crippen LogP contribution >= 0.6 is 0 Å². The predicted molar refractivity (Wildman–Crippen MR) is 87.6 cm³/mol. The van der Waals surface area contributed by atoms with E-state index in [2.05, 4.69) is 47.0 Å². The molecule has 114 valence electrons. The highest BCUT2D eigenvalue weighted by Gasteiger charge is 2.09. The van der Waals surface area contributed by atoms with E-state index in [0.29, 0.717) is 0 Å². The van der Waals surface area contributed by atoms with Crippen LogP contribution in [-0.4, -0.2) is 29.6 Å². The number of anilines is 2. The summed E-state index contributed by atoms with van der Waals surface area (Å²) >= 11 is 0. The second-order valence-electron chi connectivity index (χ2n) is 5.28. The average Bonchev–Trinajstić information content (AvgIpc) is 2.43. The lowest BCUT2D eigenvalue weighted by Gasteiger charge is -2.23. The summed E-state index contributed by atoms with van der Waals surface area (Å²) in [5.74, 6) is 2.86. The van der Waals surface area contributed by atoms with Crippen molar-refractivity contribution in [2.24, 2.45) is 0 Å². The third-order valence-electron chi connectivity index (χ3n) is 3.22. The summed E-state index contributed by atoms with van der Waals surface area (Å²) < 4.78 is 0. The highest BCUT2D eigenvalue weighted by atomic mass is 15.2. The molecule has 0 radical (unpaired) electrons. The Kier molecular flexibility index (Phi) is 8.00. The monoisotopic (exact) mass is 278 g/mol. The Morgan fingerprint density at radius 1 is 1.00 bits per heavy atom. The van der Waals surface area contributed by atoms with Gasteiger partial charge in [-0.2, -0.15) is 0 Å². The van der Waals surface area contributed by atoms with Crippen LogP contribution in [-0.2, 0) is 0 Å². The molecule has 0 saturated carbocycles. The van der Waals surface area contributed by atoms with Crippen LogP contribution in [0.3, 0.4) is 0 Å². The molecule has 1 aromatic heterocycles. The smallest absolute Gasteiger partial charge is 0.134 e. The summed E-state index contributed by atoms with van der Waals surface area (Å²) in [5, 5.41) is 3.42. The van der Waals surface area contributed by atoms with E-state index < -0.39 is 0 Å². The van der Waals surface area contributed by atoms with E-state index in [4.69, 9.17) is 0 Å². The Morgan fingerprint density at radius 2 is 1.70 bits per heavy atom. The van der Waals surface area contributed by atoms with Gasteiger partial charge in [-0.3, -0.25) is 0 Å². The van der Waals surface area contributed by atoms with Gasteiger partial charge in [0.15, 0.2) is 0 Å². The van der Waals surface area contributed by atoms with Gasteiger partial charge >= 0.3 is 0 Å². The van der Waals surface area contributed by atoms with E-state index in [1.807, 2.05) is 6.92 Å². The van der Waals surface area contributed by atoms with Gasteiger partial charge in [0.05, 0.1) is 0 Å². The second kappa shape index (κ2) is 9.56. The lowest BCUT2D eigenvalue weighted by Crippen LogP contribution is -2.26. The third kappa shape index (κ3) is 5.76. The first-order valence-electron chi connectivity index (χ1n) is 8.05. The standard InChI is InChI=1S/C16H30N4/c1-5-8-9-10-17-15-13-16(19-14(4)18-15)20(11-6-2)12-7-3/h13H,5-12H2,1-4H3,(H,17,18,19). The van der Waals surface area contributed by atoms with Crippen molar-refractivity contribution in [3.63, 3.8) is 0 Å². The van der Waals surface area contributed by atoms with E-state index >= 15 is 0 Å². The van der Waals surface area contributed by atoms with Gasteiger partial charge in [0.1, 0.15) is 17.5 Å². The van der Waals surface area contributed by atoms with E-state index in [1.54, 1.807) is 0 Å². The fourth-order valence-electron chi connectivity index (χ4n) is 2.28. The van der Waals surface area contributed by atoms with Crippen LogP contribution in [0.15, 0.2) is 6.07 Å². The summed E-state index contributed by atoms with van der Waals surface area (Å²) in [5.41, 5.74) is 0. The molecule has 20 heavy (non-hydrogen) atoms. The fourth-order valence-corrected chi connectivity index (χ4v) is 2.28. The fraction of sp³-hybridized carbons (Fsp3) is 0.750. The average molecular weight is 278 g/mol. The van der Waals surface area contributed by atoms with E-state index in [1.165, 1.54) is 19.3 Å². The third-order valence-corrected chi connectivity index (χ3v) is 3.22. The van der Waals surface area contributed by atoms with Crippen LogP contribution in [0.2, 0.25) is 0 Å². The molecular formula is C16H30N4. The van der Waals surface area contributed by atoms with Crippen LogP contribution in [0, 0.1) is 6.92 Å². The molecule has 0 spiro atoms. The molecule has 0 amide bonds. The Balaban J connectivity index is 2.72. The summed E-state index contributed by atoms with van der Waals surface area (Å²) in [4.78, 5) is 11.4. The normalized spacial score (nSPS) is 10.6. The minimum atomic E-state index is 0.845. The molecule has 1 aromatic rings. The van der Waals surface area contributed by atoms with Crippen LogP contribution in [0.5, 0.6) is 0 Å². The van der Waals surface area contributed by atoms with Crippen molar-refractivity contribution in [3.8, 4) is 0 Å². The minimum Gasteiger partial charge on any atom is -0.370 e. The SMILES string of the molecule is CCCCCNc1cc(N(CCC)CCC)nc(C)n1. The molecule has 0 fully saturated rings. The Bertz CT molecular complexity index is 373. The number of nitrogens with zero attached hydrogens (tertiary/aromatic N) is 3. The first-order valence-corrected chi connectivity index (χ1v) is 8.05. The van der Waals surface area contributed by atoms with Crippen molar-refractivity contribution < 1.29 is 0 Å². The van der Waals surface area contributed by atoms with Gasteiger partial charge in [-0.1, -0.05) is 33.6 Å². The molecule has 1 N–H and O–H groups in total. The predicted octanol–water partition coefficient (Wildman–Crippen LogP) is 4.01. The Labute approximate surface area is 124 Å². The molecule has 1 heterocycles. The van der Waals surface area contributed by atoms with Gasteiger partial charge in [-0.05, 0) is 26.2 Å². The van der Waals surface area contributed by atoms with E-state index in [9.17, 15) is 0 Å². The van der Waals surface area contributed by atoms with E-state index in [0.717, 1.165) is 49.9 Å². The lowest BCUT2D eigenvalue weighted by molar-refractivity contribution is 0.727. The lowest BCUT2D eigenvalue weighted by atomic mass is 10.2. The number of unbranched alkanes of at least 4 members (excludes halogenated alkanes) is 2. The summed E-state index contributed by atoms with van der Waals surface area (Å²) in [6.07, 6.45) is 5.99. The molecule has 1 rings (SSSR count). The zero-order chi connectivity index (χ0) is 14.8. The van der Waals surface area contributed by atoms with Crippen LogP contribution in [0.1, 0.15) is 58.7 Å². The van der Waals surface area contributed by atoms with Gasteiger partial charge < -0.3 is 10.2 Å². The Hall–Kier alpha value is -1.32. The molecule has 0 bridgehead atoms. The van der Waals surface area contributed by atoms with Crippen molar-refractivity contribution in [2.45, 2.75) is 59.8 Å². The number of hydrogen-bond acceptors (Lipinski definition) is 4. The summed E-state index contributed by atoms with van der Waals surface area (Å²) in [6.45, 7) is 11.7. The topological polar surface area (TPSA) is 41.0 Å². The second-order valence-corrected chi connectivity index (χ2v) is 5.28. The molecule has 0 aliphatic rings. The maximum Gasteiger partial charge on any atom is 0.134 e. The molecule has 0 aliphatic heterocycles. The van der Waals surface area contributed by atoms with Crippen molar-refractivity contribution in [2.75, 3.05) is 29.9 Å². The number of aryl methyl sites for hydroxylation is 1. The maximum atomic E-state index is 4.59. The molecule has 0 aliphatic carbocycles. The molecular weight excluding hydrogens is 248 g/mol. The molecule has 4 heteroatoms. The summed E-state index contributed by atoms with van der Waals surface area (Å²) in [6, 6.07) is 2.09. The zero-order valence-electron chi connectivity index (χ0n) is 13.6. The van der Waals surface area contributed by atoms with Crippen LogP contribution in [0.4, 0.5) is 11.6 Å². The molecule has 0 unspecified atom stereocenters. The number of nitrogens with one attached hydrogen (secondary N) is 1. The van der Waals surface area contributed by atoms with Gasteiger partial charge in [0, 0.05) is 25.7 Å². The largest absolute Gasteiger partial charge is 0.370 e. The first kappa shape index (κ1) is 16.7. The van der Waals surface area contributed by atoms with Crippen molar-refractivity contribution >= 4 is 11.6 Å². The molecule has 0 aromatic carbocycles. The van der Waals surface area contributed by atoms with Crippen molar-refractivity contribution in [3.05, 3.63) is 11.9 Å². The van der Waals surface area contributed by atoms with Gasteiger partial charge in [-0.15, -0.1) is 0 Å². The molecule has 4 nitrogen and oxygen atoms in total. The minimum absolute atomic E-state index is 0.845. The zero-order valence-corrected chi connectivity index (χ0v) is 13.6. The molecule has 0 atom stereocenters. The summed E-state index contributed by atoms with van der Waals surface area (Å²) in [7, 11) is 0. The maximum absolute atomic E-state index is 4.59. The van der Waals surface area contributed by atoms with Gasteiger partial charge in [0.2, 0.25) is 0 Å². The Morgan fingerprint density at radius 3 is 2.30 bits per heavy atom. The van der Waals surface area contributed by atoms with Gasteiger partial charge in [-0.25, -0.2) is 9.97 Å². The van der Waals surface area contributed by atoms with Crippen molar-refractivity contribution in [1.82, 2.24) is 9.97 Å². The van der Waals surface area contributed by atoms with Crippen LogP contribution < -0.4 is 10.2 Å².